The predicted octanol–water partition coefficient (Wildman–Crippen LogP) is 3.88. The Morgan fingerprint density at radius 1 is 1.00 bits per heavy atom. The van der Waals surface area contributed by atoms with Crippen LogP contribution in [0.25, 0.3) is 0 Å². The van der Waals surface area contributed by atoms with Crippen molar-refractivity contribution in [2.24, 2.45) is 17.8 Å². The zero-order chi connectivity index (χ0) is 9.02. The summed E-state index contributed by atoms with van der Waals surface area (Å²) >= 11 is 0. The molecule has 11 heavy (non-hydrogen) atoms. The Hall–Kier alpha value is -0.260. The van der Waals surface area contributed by atoms with Crippen LogP contribution in [0.4, 0.5) is 0 Å². The van der Waals surface area contributed by atoms with Crippen LogP contribution in [0, 0.1) is 17.8 Å². The maximum Gasteiger partial charge on any atom is -0.0211 e. The van der Waals surface area contributed by atoms with Gasteiger partial charge in [-0.1, -0.05) is 46.3 Å². The molecule has 0 spiro atoms. The molecule has 0 aliphatic rings. The molecule has 0 aromatic carbocycles. The molecule has 0 aliphatic carbocycles. The Morgan fingerprint density at radius 3 is 1.73 bits per heavy atom. The van der Waals surface area contributed by atoms with Crippen LogP contribution in [0.1, 0.15) is 41.5 Å². The van der Waals surface area contributed by atoms with E-state index in [9.17, 15) is 0 Å². The molecule has 66 valence electrons. The normalized spacial score (nSPS) is 16.2. The van der Waals surface area contributed by atoms with Gasteiger partial charge in [-0.25, -0.2) is 0 Å². The molecule has 0 aromatic heterocycles. The van der Waals surface area contributed by atoms with E-state index in [0.717, 1.165) is 11.8 Å². The average molecular weight is 154 g/mol. The first-order chi connectivity index (χ1) is 4.95. The molecule has 0 amide bonds. The SMILES string of the molecule is C/C(=C\C(C)C)[C@H](C)C(C)C. The van der Waals surface area contributed by atoms with E-state index in [1.165, 1.54) is 5.57 Å². The summed E-state index contributed by atoms with van der Waals surface area (Å²) in [6.45, 7) is 13.6. The van der Waals surface area contributed by atoms with E-state index in [1.54, 1.807) is 0 Å². The van der Waals surface area contributed by atoms with Gasteiger partial charge in [0.15, 0.2) is 0 Å². The highest BCUT2D eigenvalue weighted by molar-refractivity contribution is 5.04. The van der Waals surface area contributed by atoms with Gasteiger partial charge in [0, 0.05) is 0 Å². The highest BCUT2D eigenvalue weighted by atomic mass is 14.1. The molecule has 0 bridgehead atoms. The van der Waals surface area contributed by atoms with Gasteiger partial charge in [0.25, 0.3) is 0 Å². The van der Waals surface area contributed by atoms with Crippen LogP contribution in [0.15, 0.2) is 11.6 Å². The summed E-state index contributed by atoms with van der Waals surface area (Å²) in [5, 5.41) is 0. The van der Waals surface area contributed by atoms with Crippen molar-refractivity contribution < 1.29 is 0 Å². The van der Waals surface area contributed by atoms with Crippen molar-refractivity contribution in [3.05, 3.63) is 11.6 Å². The fourth-order valence-corrected chi connectivity index (χ4v) is 1.20. The second-order valence-electron chi connectivity index (χ2n) is 4.19. The van der Waals surface area contributed by atoms with Crippen LogP contribution in [0.3, 0.4) is 0 Å². The van der Waals surface area contributed by atoms with E-state index in [4.69, 9.17) is 0 Å². The van der Waals surface area contributed by atoms with Gasteiger partial charge in [-0.15, -0.1) is 0 Å². The van der Waals surface area contributed by atoms with E-state index in [0.29, 0.717) is 5.92 Å². The zero-order valence-corrected chi connectivity index (χ0v) is 8.81. The third-order valence-corrected chi connectivity index (χ3v) is 2.31. The van der Waals surface area contributed by atoms with Gasteiger partial charge in [0.05, 0.1) is 0 Å². The van der Waals surface area contributed by atoms with Gasteiger partial charge in [-0.2, -0.15) is 0 Å². The summed E-state index contributed by atoms with van der Waals surface area (Å²) in [4.78, 5) is 0. The fraction of sp³-hybridized carbons (Fsp3) is 0.818. The van der Waals surface area contributed by atoms with E-state index >= 15 is 0 Å². The molecule has 0 nitrogen and oxygen atoms in total. The van der Waals surface area contributed by atoms with Gasteiger partial charge in [0.1, 0.15) is 0 Å². The summed E-state index contributed by atoms with van der Waals surface area (Å²) in [5.74, 6) is 2.19. The summed E-state index contributed by atoms with van der Waals surface area (Å²) in [7, 11) is 0. The minimum absolute atomic E-state index is 0.691. The number of rotatable bonds is 3. The highest BCUT2D eigenvalue weighted by Crippen LogP contribution is 2.20. The first-order valence-electron chi connectivity index (χ1n) is 4.63. The van der Waals surface area contributed by atoms with Crippen LogP contribution >= 0.6 is 0 Å². The molecule has 0 heterocycles. The van der Waals surface area contributed by atoms with E-state index in [-0.39, 0.29) is 0 Å². The van der Waals surface area contributed by atoms with Crippen LogP contribution in [0.2, 0.25) is 0 Å². The van der Waals surface area contributed by atoms with Crippen molar-refractivity contribution in [3.8, 4) is 0 Å². The molecule has 1 atom stereocenters. The smallest absolute Gasteiger partial charge is 0.0211 e. The molecule has 0 rings (SSSR count). The highest BCUT2D eigenvalue weighted by Gasteiger charge is 2.08. The number of allylic oxidation sites excluding steroid dienone is 2. The maximum atomic E-state index is 2.37. The second-order valence-corrected chi connectivity index (χ2v) is 4.19. The van der Waals surface area contributed by atoms with Crippen molar-refractivity contribution in [1.29, 1.82) is 0 Å². The Labute approximate surface area is 71.7 Å². The van der Waals surface area contributed by atoms with Crippen LogP contribution < -0.4 is 0 Å². The third kappa shape index (κ3) is 4.23. The second kappa shape index (κ2) is 4.58. The molecule has 0 N–H and O–H groups in total. The summed E-state index contributed by atoms with van der Waals surface area (Å²) in [6, 6.07) is 0. The monoisotopic (exact) mass is 154 g/mol. The predicted molar refractivity (Wildman–Crippen MR) is 52.6 cm³/mol. The standard InChI is InChI=1S/C11H22/c1-8(2)7-10(5)11(6)9(3)4/h7-9,11H,1-6H3/b10-7+/t11-/m1/s1. The topological polar surface area (TPSA) is 0 Å². The lowest BCUT2D eigenvalue weighted by atomic mass is 9.89. The molecule has 0 saturated carbocycles. The van der Waals surface area contributed by atoms with Crippen LogP contribution in [-0.4, -0.2) is 0 Å². The van der Waals surface area contributed by atoms with E-state index in [1.807, 2.05) is 0 Å². The first-order valence-corrected chi connectivity index (χ1v) is 4.63. The van der Waals surface area contributed by atoms with Gasteiger partial charge in [-0.3, -0.25) is 0 Å². The van der Waals surface area contributed by atoms with Gasteiger partial charge in [0.2, 0.25) is 0 Å². The summed E-state index contributed by atoms with van der Waals surface area (Å²) < 4.78 is 0. The Kier molecular flexibility index (Phi) is 4.48. The molecule has 0 unspecified atom stereocenters. The van der Waals surface area contributed by atoms with Crippen molar-refractivity contribution >= 4 is 0 Å². The van der Waals surface area contributed by atoms with Crippen molar-refractivity contribution in [2.45, 2.75) is 41.5 Å². The van der Waals surface area contributed by atoms with Crippen molar-refractivity contribution in [1.82, 2.24) is 0 Å². The van der Waals surface area contributed by atoms with Crippen LogP contribution in [-0.2, 0) is 0 Å². The van der Waals surface area contributed by atoms with Crippen molar-refractivity contribution in [3.63, 3.8) is 0 Å². The molecular formula is C11H22. The molecule has 0 radical (unpaired) electrons. The summed E-state index contributed by atoms with van der Waals surface area (Å²) in [5.41, 5.74) is 1.54. The average Bonchev–Trinajstić information content (AvgIpc) is 1.84. The summed E-state index contributed by atoms with van der Waals surface area (Å²) in [6.07, 6.45) is 2.37. The minimum atomic E-state index is 0.691. The van der Waals surface area contributed by atoms with E-state index < -0.39 is 0 Å². The third-order valence-electron chi connectivity index (χ3n) is 2.31. The quantitative estimate of drug-likeness (QED) is 0.541. The largest absolute Gasteiger partial charge is 0.0828 e. The Balaban J connectivity index is 4.11. The molecule has 0 aromatic rings. The molecule has 0 heteroatoms. The zero-order valence-electron chi connectivity index (χ0n) is 8.81. The number of hydrogen-bond donors (Lipinski definition) is 0. The lowest BCUT2D eigenvalue weighted by molar-refractivity contribution is 0.476. The van der Waals surface area contributed by atoms with E-state index in [2.05, 4.69) is 47.6 Å². The minimum Gasteiger partial charge on any atom is -0.0828 e. The molecule has 0 aliphatic heterocycles. The van der Waals surface area contributed by atoms with Gasteiger partial charge in [-0.05, 0) is 24.7 Å². The number of hydrogen-bond acceptors (Lipinski definition) is 0. The van der Waals surface area contributed by atoms with Gasteiger partial charge < -0.3 is 0 Å². The van der Waals surface area contributed by atoms with Crippen LogP contribution in [0.5, 0.6) is 0 Å². The Bertz CT molecular complexity index is 129. The van der Waals surface area contributed by atoms with Gasteiger partial charge >= 0.3 is 0 Å². The first kappa shape index (κ1) is 10.7. The molecule has 0 saturated heterocycles. The van der Waals surface area contributed by atoms with Crippen molar-refractivity contribution in [2.75, 3.05) is 0 Å². The maximum absolute atomic E-state index is 2.37. The molecular weight excluding hydrogens is 132 g/mol. The fourth-order valence-electron chi connectivity index (χ4n) is 1.20. The lowest BCUT2D eigenvalue weighted by Gasteiger charge is -2.17. The lowest BCUT2D eigenvalue weighted by Crippen LogP contribution is -2.05. The Morgan fingerprint density at radius 2 is 1.45 bits per heavy atom. The molecule has 0 fully saturated rings.